The third kappa shape index (κ3) is 6.51. The molecule has 25 heavy (non-hydrogen) atoms. The van der Waals surface area contributed by atoms with Crippen molar-refractivity contribution in [2.24, 2.45) is 0 Å². The number of benzene rings is 2. The van der Waals surface area contributed by atoms with Crippen LogP contribution in [0.15, 0.2) is 48.5 Å². The summed E-state index contributed by atoms with van der Waals surface area (Å²) in [6, 6.07) is 12.4. The Morgan fingerprint density at radius 3 is 1.44 bits per heavy atom. The van der Waals surface area contributed by atoms with Crippen LogP contribution >= 0.6 is 0 Å². The molecule has 3 amide bonds. The number of anilines is 4. The van der Waals surface area contributed by atoms with E-state index in [4.69, 9.17) is 0 Å². The molecule has 9 heteroatoms. The lowest BCUT2D eigenvalue weighted by atomic mass is 10.2. The number of hydrogen-bond donors (Lipinski definition) is 4. The molecule has 0 saturated heterocycles. The smallest absolute Gasteiger partial charge is 0.323 e. The Balaban J connectivity index is 1.92. The zero-order chi connectivity index (χ0) is 18.4. The third-order valence-corrected chi connectivity index (χ3v) is 3.52. The topological polar surface area (TPSA) is 116 Å². The quantitative estimate of drug-likeness (QED) is 0.654. The van der Waals surface area contributed by atoms with E-state index in [-0.39, 0.29) is 5.91 Å². The zero-order valence-corrected chi connectivity index (χ0v) is 14.5. The molecule has 0 unspecified atom stereocenters. The largest absolute Gasteiger partial charge is 0.326 e. The number of nitrogens with one attached hydrogen (secondary N) is 4. The van der Waals surface area contributed by atoms with Gasteiger partial charge in [-0.05, 0) is 48.5 Å². The molecule has 8 nitrogen and oxygen atoms in total. The van der Waals surface area contributed by atoms with Gasteiger partial charge >= 0.3 is 6.03 Å². The Bertz CT molecular complexity index is 862. The van der Waals surface area contributed by atoms with E-state index in [1.807, 2.05) is 0 Å². The van der Waals surface area contributed by atoms with Gasteiger partial charge in [-0.3, -0.25) is 9.52 Å². The van der Waals surface area contributed by atoms with E-state index in [9.17, 15) is 18.0 Å². The zero-order valence-electron chi connectivity index (χ0n) is 13.7. The van der Waals surface area contributed by atoms with Gasteiger partial charge in [0.05, 0.1) is 6.26 Å². The van der Waals surface area contributed by atoms with Crippen LogP contribution in [0, 0.1) is 0 Å². The molecule has 0 aromatic heterocycles. The molecule has 0 saturated carbocycles. The number of hydrogen-bond acceptors (Lipinski definition) is 4. The fraction of sp³-hybridized carbons (Fsp3) is 0.125. The maximum absolute atomic E-state index is 12.0. The molecule has 0 bridgehead atoms. The van der Waals surface area contributed by atoms with E-state index in [2.05, 4.69) is 20.7 Å². The molecule has 0 aliphatic heterocycles. The standard InChI is InChI=1S/C16H18N4O4S/c1-11(21)17-12-3-5-13(6-4-12)18-16(22)19-14-7-9-15(10-8-14)20-25(2,23)24/h3-10,20H,1-2H3,(H,17,21)(H2,18,19,22). The first kappa shape index (κ1) is 18.3. The van der Waals surface area contributed by atoms with E-state index in [1.165, 1.54) is 6.92 Å². The number of amides is 3. The number of carbonyl (C=O) groups excluding carboxylic acids is 2. The van der Waals surface area contributed by atoms with Gasteiger partial charge in [-0.25, -0.2) is 13.2 Å². The highest BCUT2D eigenvalue weighted by Crippen LogP contribution is 2.16. The van der Waals surface area contributed by atoms with E-state index in [0.717, 1.165) is 6.26 Å². The highest BCUT2D eigenvalue weighted by Gasteiger charge is 2.05. The first-order valence-electron chi connectivity index (χ1n) is 7.25. The average Bonchev–Trinajstić information content (AvgIpc) is 2.49. The second-order valence-electron chi connectivity index (χ2n) is 5.29. The number of sulfonamides is 1. The summed E-state index contributed by atoms with van der Waals surface area (Å²) in [7, 11) is -3.34. The Morgan fingerprint density at radius 2 is 1.08 bits per heavy atom. The van der Waals surface area contributed by atoms with Crippen LogP contribution in [0.2, 0.25) is 0 Å². The van der Waals surface area contributed by atoms with Gasteiger partial charge in [-0.15, -0.1) is 0 Å². The average molecular weight is 362 g/mol. The molecule has 0 atom stereocenters. The van der Waals surface area contributed by atoms with Gasteiger partial charge in [-0.2, -0.15) is 0 Å². The number of rotatable bonds is 5. The summed E-state index contributed by atoms with van der Waals surface area (Å²) < 4.78 is 24.6. The monoisotopic (exact) mass is 362 g/mol. The lowest BCUT2D eigenvalue weighted by molar-refractivity contribution is -0.114. The maximum Gasteiger partial charge on any atom is 0.323 e. The normalized spacial score (nSPS) is 10.6. The van der Waals surface area contributed by atoms with Crippen molar-refractivity contribution in [1.29, 1.82) is 0 Å². The van der Waals surface area contributed by atoms with Gasteiger partial charge < -0.3 is 16.0 Å². The van der Waals surface area contributed by atoms with Gasteiger partial charge in [0.2, 0.25) is 15.9 Å². The highest BCUT2D eigenvalue weighted by atomic mass is 32.2. The van der Waals surface area contributed by atoms with Gasteiger partial charge in [0.25, 0.3) is 0 Å². The Kier molecular flexibility index (Phi) is 5.60. The van der Waals surface area contributed by atoms with Crippen molar-refractivity contribution < 1.29 is 18.0 Å². The van der Waals surface area contributed by atoms with Crippen LogP contribution in [0.5, 0.6) is 0 Å². The Morgan fingerprint density at radius 1 is 0.720 bits per heavy atom. The minimum Gasteiger partial charge on any atom is -0.326 e. The predicted molar refractivity (Wildman–Crippen MR) is 98.3 cm³/mol. The fourth-order valence-corrected chi connectivity index (χ4v) is 2.53. The van der Waals surface area contributed by atoms with Gasteiger partial charge in [0.1, 0.15) is 0 Å². The van der Waals surface area contributed by atoms with Crippen LogP contribution in [0.4, 0.5) is 27.5 Å². The highest BCUT2D eigenvalue weighted by molar-refractivity contribution is 7.92. The Labute approximate surface area is 145 Å². The SMILES string of the molecule is CC(=O)Nc1ccc(NC(=O)Nc2ccc(NS(C)(=O)=O)cc2)cc1. The maximum atomic E-state index is 12.0. The molecule has 0 radical (unpaired) electrons. The van der Waals surface area contributed by atoms with E-state index >= 15 is 0 Å². The minimum absolute atomic E-state index is 0.174. The van der Waals surface area contributed by atoms with Crippen LogP contribution in [0.25, 0.3) is 0 Å². The summed E-state index contributed by atoms with van der Waals surface area (Å²) in [4.78, 5) is 22.9. The molecule has 0 heterocycles. The molecule has 0 fully saturated rings. The molecule has 0 aliphatic rings. The van der Waals surface area contributed by atoms with Crippen molar-refractivity contribution in [1.82, 2.24) is 0 Å². The van der Waals surface area contributed by atoms with Crippen molar-refractivity contribution in [2.75, 3.05) is 26.9 Å². The predicted octanol–water partition coefficient (Wildman–Crippen LogP) is 2.66. The second kappa shape index (κ2) is 7.67. The lowest BCUT2D eigenvalue weighted by Gasteiger charge is -2.09. The van der Waals surface area contributed by atoms with E-state index in [0.29, 0.717) is 22.7 Å². The molecule has 4 N–H and O–H groups in total. The second-order valence-corrected chi connectivity index (χ2v) is 7.04. The van der Waals surface area contributed by atoms with Crippen LogP contribution < -0.4 is 20.7 Å². The molecular weight excluding hydrogens is 344 g/mol. The van der Waals surface area contributed by atoms with Crippen LogP contribution in [-0.2, 0) is 14.8 Å². The van der Waals surface area contributed by atoms with E-state index in [1.54, 1.807) is 48.5 Å². The van der Waals surface area contributed by atoms with Gasteiger partial charge in [0.15, 0.2) is 0 Å². The first-order valence-corrected chi connectivity index (χ1v) is 9.14. The van der Waals surface area contributed by atoms with Crippen LogP contribution in [0.1, 0.15) is 6.92 Å². The van der Waals surface area contributed by atoms with Crippen molar-refractivity contribution in [3.63, 3.8) is 0 Å². The van der Waals surface area contributed by atoms with Crippen LogP contribution in [-0.4, -0.2) is 26.6 Å². The molecule has 2 aromatic carbocycles. The summed E-state index contributed by atoms with van der Waals surface area (Å²) >= 11 is 0. The van der Waals surface area contributed by atoms with Crippen molar-refractivity contribution in [2.45, 2.75) is 6.92 Å². The summed E-state index contributed by atoms with van der Waals surface area (Å²) in [5.74, 6) is -0.174. The first-order chi connectivity index (χ1) is 11.7. The molecule has 0 aliphatic carbocycles. The molecule has 2 rings (SSSR count). The third-order valence-electron chi connectivity index (χ3n) is 2.91. The summed E-state index contributed by atoms with van der Waals surface area (Å²) in [6.45, 7) is 1.41. The van der Waals surface area contributed by atoms with Gasteiger partial charge in [-0.1, -0.05) is 0 Å². The van der Waals surface area contributed by atoms with Crippen molar-refractivity contribution in [3.05, 3.63) is 48.5 Å². The fourth-order valence-electron chi connectivity index (χ4n) is 1.97. The van der Waals surface area contributed by atoms with Crippen molar-refractivity contribution >= 4 is 44.7 Å². The summed E-state index contributed by atoms with van der Waals surface area (Å²) in [5.41, 5.74) is 2.10. The Hall–Kier alpha value is -3.07. The number of urea groups is 1. The molecular formula is C16H18N4O4S. The lowest BCUT2D eigenvalue weighted by Crippen LogP contribution is -2.19. The van der Waals surface area contributed by atoms with Crippen LogP contribution in [0.3, 0.4) is 0 Å². The summed E-state index contributed by atoms with van der Waals surface area (Å²) in [6.07, 6.45) is 1.06. The molecule has 2 aromatic rings. The van der Waals surface area contributed by atoms with Crippen molar-refractivity contribution in [3.8, 4) is 0 Å². The number of carbonyl (C=O) groups is 2. The minimum atomic E-state index is -3.34. The van der Waals surface area contributed by atoms with Gasteiger partial charge in [0, 0.05) is 29.7 Å². The van der Waals surface area contributed by atoms with E-state index < -0.39 is 16.1 Å². The summed E-state index contributed by atoms with van der Waals surface area (Å²) in [5, 5.41) is 7.91. The molecule has 132 valence electrons. The molecule has 0 spiro atoms.